The number of hydrogen-bond donors (Lipinski definition) is 1. The van der Waals surface area contributed by atoms with Crippen LogP contribution in [0.25, 0.3) is 0 Å². The number of benzene rings is 1. The predicted octanol–water partition coefficient (Wildman–Crippen LogP) is 2.45. The van der Waals surface area contributed by atoms with Crippen LogP contribution in [0.2, 0.25) is 0 Å². The van der Waals surface area contributed by atoms with Crippen LogP contribution < -0.4 is 15.0 Å². The zero-order valence-electron chi connectivity index (χ0n) is 14.1. The minimum absolute atomic E-state index is 0.401. The number of rotatable bonds is 2. The van der Waals surface area contributed by atoms with E-state index in [0.717, 1.165) is 11.1 Å². The van der Waals surface area contributed by atoms with E-state index < -0.39 is 17.4 Å². The van der Waals surface area contributed by atoms with Gasteiger partial charge in [-0.2, -0.15) is 0 Å². The largest absolute Gasteiger partial charge is 0.464 e. The van der Waals surface area contributed by atoms with E-state index in [2.05, 4.69) is 10.3 Å². The average molecular weight is 325 g/mol. The summed E-state index contributed by atoms with van der Waals surface area (Å²) in [5.74, 6) is -0.175. The summed E-state index contributed by atoms with van der Waals surface area (Å²) in [6.45, 7) is 5.37. The van der Waals surface area contributed by atoms with Gasteiger partial charge in [0.25, 0.3) is 17.4 Å². The number of carbonyl (C=O) groups excluding carboxylic acids is 2. The number of aromatic nitrogens is 1. The molecule has 0 spiro atoms. The Morgan fingerprint density at radius 3 is 2.58 bits per heavy atom. The number of anilines is 2. The molecule has 1 aliphatic rings. The second-order valence-corrected chi connectivity index (χ2v) is 6.16. The van der Waals surface area contributed by atoms with E-state index in [1.807, 2.05) is 32.0 Å². The third-order valence-corrected chi connectivity index (χ3v) is 4.01. The number of fused-ring (bicyclic) bond motifs is 1. The van der Waals surface area contributed by atoms with Crippen molar-refractivity contribution in [1.29, 1.82) is 0 Å². The number of hydrogen-bond acceptors (Lipinski definition) is 4. The van der Waals surface area contributed by atoms with Gasteiger partial charge in [-0.25, -0.2) is 4.98 Å². The maximum Gasteiger partial charge on any atom is 0.281 e. The lowest BCUT2D eigenvalue weighted by Crippen LogP contribution is -2.60. The zero-order chi connectivity index (χ0) is 17.5. The monoisotopic (exact) mass is 325 g/mol. The third-order valence-electron chi connectivity index (χ3n) is 4.01. The van der Waals surface area contributed by atoms with E-state index in [1.54, 1.807) is 25.4 Å². The van der Waals surface area contributed by atoms with Crippen molar-refractivity contribution in [1.82, 2.24) is 4.98 Å². The Labute approximate surface area is 140 Å². The molecule has 0 saturated heterocycles. The number of nitrogens with zero attached hydrogens (tertiary/aromatic N) is 2. The van der Waals surface area contributed by atoms with Gasteiger partial charge in [-0.05, 0) is 56.2 Å². The fourth-order valence-electron chi connectivity index (χ4n) is 2.83. The normalized spacial score (nSPS) is 19.5. The van der Waals surface area contributed by atoms with Gasteiger partial charge in [-0.3, -0.25) is 14.5 Å². The Morgan fingerprint density at radius 2 is 1.92 bits per heavy atom. The lowest BCUT2D eigenvalue weighted by Gasteiger charge is -2.36. The Hall–Kier alpha value is -2.89. The summed E-state index contributed by atoms with van der Waals surface area (Å²) in [6.07, 6.45) is 1.57. The number of ether oxygens (including phenoxy) is 1. The second kappa shape index (κ2) is 5.63. The van der Waals surface area contributed by atoms with E-state index in [4.69, 9.17) is 4.74 Å². The molecule has 1 aliphatic heterocycles. The van der Waals surface area contributed by atoms with Gasteiger partial charge in [0.05, 0.1) is 0 Å². The van der Waals surface area contributed by atoms with Crippen molar-refractivity contribution in [2.24, 2.45) is 0 Å². The molecule has 6 heteroatoms. The van der Waals surface area contributed by atoms with Crippen LogP contribution in [0.1, 0.15) is 18.1 Å². The van der Waals surface area contributed by atoms with Crippen molar-refractivity contribution in [3.8, 4) is 5.75 Å². The second-order valence-electron chi connectivity index (χ2n) is 6.16. The molecular formula is C18H19N3O3. The van der Waals surface area contributed by atoms with Crippen molar-refractivity contribution < 1.29 is 14.3 Å². The van der Waals surface area contributed by atoms with Crippen molar-refractivity contribution in [3.05, 3.63) is 47.7 Å². The molecule has 1 atom stereocenters. The summed E-state index contributed by atoms with van der Waals surface area (Å²) < 4.78 is 5.73. The minimum atomic E-state index is -1.65. The molecule has 0 radical (unpaired) electrons. The van der Waals surface area contributed by atoms with Crippen LogP contribution in [0, 0.1) is 13.8 Å². The molecule has 1 aromatic heterocycles. The summed E-state index contributed by atoms with van der Waals surface area (Å²) in [6, 6.07) is 9.09. The number of carbonyl (C=O) groups is 2. The lowest BCUT2D eigenvalue weighted by molar-refractivity contribution is -0.145. The standard InChI is InChI=1S/C18H19N3O3/c1-11-8-12(2)10-13(9-11)20-16(22)18(3)17(23)21(4)15-14(24-18)6-5-7-19-15/h5-10H,1-4H3,(H,20,22). The molecule has 124 valence electrons. The summed E-state index contributed by atoms with van der Waals surface area (Å²) in [4.78, 5) is 30.9. The molecule has 2 aromatic rings. The Kier molecular flexibility index (Phi) is 3.75. The SMILES string of the molecule is Cc1cc(C)cc(NC(=O)C2(C)Oc3cccnc3N(C)C2=O)c1. The van der Waals surface area contributed by atoms with Crippen LogP contribution in [-0.4, -0.2) is 29.4 Å². The van der Waals surface area contributed by atoms with Crippen molar-refractivity contribution >= 4 is 23.3 Å². The maximum absolute atomic E-state index is 12.8. The number of aryl methyl sites for hydroxylation is 2. The lowest BCUT2D eigenvalue weighted by atomic mass is 10.0. The number of amides is 2. The molecular weight excluding hydrogens is 306 g/mol. The van der Waals surface area contributed by atoms with Gasteiger partial charge < -0.3 is 10.1 Å². The highest BCUT2D eigenvalue weighted by atomic mass is 16.5. The molecule has 3 rings (SSSR count). The first kappa shape index (κ1) is 16.0. The highest BCUT2D eigenvalue weighted by Gasteiger charge is 2.50. The predicted molar refractivity (Wildman–Crippen MR) is 91.2 cm³/mol. The fraction of sp³-hybridized carbons (Fsp3) is 0.278. The van der Waals surface area contributed by atoms with Crippen LogP contribution in [0.15, 0.2) is 36.5 Å². The Bertz CT molecular complexity index is 814. The summed E-state index contributed by atoms with van der Waals surface area (Å²) in [5, 5.41) is 2.78. The zero-order valence-corrected chi connectivity index (χ0v) is 14.1. The molecule has 2 amide bonds. The summed E-state index contributed by atoms with van der Waals surface area (Å²) >= 11 is 0. The summed E-state index contributed by atoms with van der Waals surface area (Å²) in [5.41, 5.74) is 1.04. The molecule has 6 nitrogen and oxygen atoms in total. The minimum Gasteiger partial charge on any atom is -0.464 e. The number of nitrogens with one attached hydrogen (secondary N) is 1. The van der Waals surface area contributed by atoms with Gasteiger partial charge in [0.2, 0.25) is 0 Å². The molecule has 0 aliphatic carbocycles. The highest BCUT2D eigenvalue weighted by molar-refractivity contribution is 6.19. The van der Waals surface area contributed by atoms with Gasteiger partial charge in [0.15, 0.2) is 11.6 Å². The average Bonchev–Trinajstić information content (AvgIpc) is 2.51. The molecule has 0 fully saturated rings. The Morgan fingerprint density at radius 1 is 1.25 bits per heavy atom. The van der Waals surface area contributed by atoms with Crippen LogP contribution in [0.4, 0.5) is 11.5 Å². The molecule has 0 bridgehead atoms. The van der Waals surface area contributed by atoms with Crippen LogP contribution in [0.5, 0.6) is 5.75 Å². The van der Waals surface area contributed by atoms with Crippen LogP contribution in [0.3, 0.4) is 0 Å². The van der Waals surface area contributed by atoms with Gasteiger partial charge in [-0.1, -0.05) is 6.07 Å². The first-order valence-corrected chi connectivity index (χ1v) is 7.63. The number of pyridine rings is 1. The van der Waals surface area contributed by atoms with Gasteiger partial charge in [0, 0.05) is 18.9 Å². The maximum atomic E-state index is 12.8. The molecule has 1 aromatic carbocycles. The highest BCUT2D eigenvalue weighted by Crippen LogP contribution is 2.35. The van der Waals surface area contributed by atoms with E-state index in [0.29, 0.717) is 17.3 Å². The smallest absolute Gasteiger partial charge is 0.281 e. The van der Waals surface area contributed by atoms with Crippen molar-refractivity contribution in [2.45, 2.75) is 26.4 Å². The van der Waals surface area contributed by atoms with E-state index in [1.165, 1.54) is 11.8 Å². The fourth-order valence-corrected chi connectivity index (χ4v) is 2.83. The first-order chi connectivity index (χ1) is 11.3. The quantitative estimate of drug-likeness (QED) is 0.861. The number of likely N-dealkylation sites (N-methyl/N-ethyl adjacent to an activating group) is 1. The van der Waals surface area contributed by atoms with Gasteiger partial charge >= 0.3 is 0 Å². The molecule has 0 saturated carbocycles. The van der Waals surface area contributed by atoms with Crippen LogP contribution >= 0.6 is 0 Å². The molecule has 24 heavy (non-hydrogen) atoms. The van der Waals surface area contributed by atoms with Gasteiger partial charge in [-0.15, -0.1) is 0 Å². The molecule has 2 heterocycles. The topological polar surface area (TPSA) is 71.5 Å². The van der Waals surface area contributed by atoms with E-state index in [-0.39, 0.29) is 0 Å². The van der Waals surface area contributed by atoms with Crippen LogP contribution in [-0.2, 0) is 9.59 Å². The first-order valence-electron chi connectivity index (χ1n) is 7.63. The van der Waals surface area contributed by atoms with E-state index in [9.17, 15) is 9.59 Å². The van der Waals surface area contributed by atoms with Gasteiger partial charge in [0.1, 0.15) is 0 Å². The van der Waals surface area contributed by atoms with Crippen molar-refractivity contribution in [2.75, 3.05) is 17.3 Å². The third kappa shape index (κ3) is 2.60. The summed E-state index contributed by atoms with van der Waals surface area (Å²) in [7, 11) is 1.58. The van der Waals surface area contributed by atoms with E-state index >= 15 is 0 Å². The van der Waals surface area contributed by atoms with Crippen molar-refractivity contribution in [3.63, 3.8) is 0 Å². The molecule has 1 N–H and O–H groups in total. The molecule has 1 unspecified atom stereocenters. The Balaban J connectivity index is 1.92.